The number of nitrogens with one attached hydrogen (secondary N) is 1. The van der Waals surface area contributed by atoms with Crippen LogP contribution in [0.5, 0.6) is 0 Å². The number of carbonyl (C=O) groups excluding carboxylic acids is 1. The van der Waals surface area contributed by atoms with E-state index in [0.717, 1.165) is 42.7 Å². The lowest BCUT2D eigenvalue weighted by Gasteiger charge is -2.39. The fourth-order valence-corrected chi connectivity index (χ4v) is 3.99. The first-order valence-corrected chi connectivity index (χ1v) is 9.66. The van der Waals surface area contributed by atoms with Crippen molar-refractivity contribution in [3.8, 4) is 0 Å². The van der Waals surface area contributed by atoms with Crippen molar-refractivity contribution >= 4 is 11.6 Å². The average Bonchev–Trinajstić information content (AvgIpc) is 2.75. The van der Waals surface area contributed by atoms with Gasteiger partial charge in [0.15, 0.2) is 0 Å². The number of hydrogen-bond donors (Lipinski definition) is 1. The molecule has 2 saturated heterocycles. The van der Waals surface area contributed by atoms with Crippen LogP contribution in [0.15, 0.2) is 54.6 Å². The van der Waals surface area contributed by atoms with Crippen LogP contribution in [0.4, 0.5) is 5.69 Å². The van der Waals surface area contributed by atoms with Gasteiger partial charge < -0.3 is 19.7 Å². The van der Waals surface area contributed by atoms with E-state index in [4.69, 9.17) is 9.47 Å². The van der Waals surface area contributed by atoms with Crippen molar-refractivity contribution in [1.29, 1.82) is 0 Å². The number of benzene rings is 2. The summed E-state index contributed by atoms with van der Waals surface area (Å²) >= 11 is 0. The largest absolute Gasteiger partial charge is 0.381 e. The summed E-state index contributed by atoms with van der Waals surface area (Å²) in [4.78, 5) is 15.6. The molecule has 2 fully saturated rings. The molecule has 2 heterocycles. The number of rotatable bonds is 4. The number of amides is 1. The van der Waals surface area contributed by atoms with Gasteiger partial charge in [-0.3, -0.25) is 4.79 Å². The van der Waals surface area contributed by atoms with E-state index in [1.54, 1.807) is 0 Å². The SMILES string of the molecule is O=C(NC1(c2ccccc2)CCOCC1)c1ccccc1N1CCOCC1. The third-order valence-electron chi connectivity index (χ3n) is 5.53. The van der Waals surface area contributed by atoms with Gasteiger partial charge in [0.2, 0.25) is 0 Å². The van der Waals surface area contributed by atoms with E-state index in [1.165, 1.54) is 0 Å². The summed E-state index contributed by atoms with van der Waals surface area (Å²) in [6.07, 6.45) is 1.56. The molecule has 27 heavy (non-hydrogen) atoms. The van der Waals surface area contributed by atoms with Crippen molar-refractivity contribution in [2.24, 2.45) is 0 Å². The molecule has 1 amide bonds. The number of carbonyl (C=O) groups is 1. The van der Waals surface area contributed by atoms with Gasteiger partial charge in [-0.15, -0.1) is 0 Å². The van der Waals surface area contributed by atoms with Crippen molar-refractivity contribution in [3.05, 3.63) is 65.7 Å². The Hall–Kier alpha value is -2.37. The van der Waals surface area contributed by atoms with Crippen LogP contribution in [-0.4, -0.2) is 45.4 Å². The smallest absolute Gasteiger partial charge is 0.254 e. The van der Waals surface area contributed by atoms with Gasteiger partial charge >= 0.3 is 0 Å². The van der Waals surface area contributed by atoms with Crippen LogP contribution < -0.4 is 10.2 Å². The Morgan fingerprint density at radius 1 is 0.852 bits per heavy atom. The summed E-state index contributed by atoms with van der Waals surface area (Å²) in [5.41, 5.74) is 2.47. The first kappa shape index (κ1) is 18.0. The Balaban J connectivity index is 1.62. The van der Waals surface area contributed by atoms with E-state index >= 15 is 0 Å². The van der Waals surface area contributed by atoms with Crippen LogP contribution >= 0.6 is 0 Å². The number of nitrogens with zero attached hydrogens (tertiary/aromatic N) is 1. The summed E-state index contributed by atoms with van der Waals surface area (Å²) in [6, 6.07) is 18.1. The molecule has 5 nitrogen and oxygen atoms in total. The van der Waals surface area contributed by atoms with Gasteiger partial charge in [0, 0.05) is 32.0 Å². The molecule has 142 valence electrons. The van der Waals surface area contributed by atoms with Gasteiger partial charge in [-0.25, -0.2) is 0 Å². The minimum Gasteiger partial charge on any atom is -0.381 e. The van der Waals surface area contributed by atoms with Crippen molar-refractivity contribution in [1.82, 2.24) is 5.32 Å². The van der Waals surface area contributed by atoms with Gasteiger partial charge in [0.1, 0.15) is 0 Å². The molecule has 2 aliphatic rings. The molecule has 2 aromatic carbocycles. The minimum atomic E-state index is -0.380. The van der Waals surface area contributed by atoms with Crippen molar-refractivity contribution < 1.29 is 14.3 Å². The molecule has 5 heteroatoms. The molecule has 0 unspecified atom stereocenters. The standard InChI is InChI=1S/C22H26N2O3/c25-21(19-8-4-5-9-20(19)24-12-16-27-17-13-24)23-22(10-14-26-15-11-22)18-6-2-1-3-7-18/h1-9H,10-17H2,(H,23,25). The zero-order valence-corrected chi connectivity index (χ0v) is 15.5. The summed E-state index contributed by atoms with van der Waals surface area (Å²) in [5.74, 6) is -0.0251. The van der Waals surface area contributed by atoms with Gasteiger partial charge in [-0.1, -0.05) is 42.5 Å². The molecule has 0 aromatic heterocycles. The van der Waals surface area contributed by atoms with Crippen LogP contribution in [0, 0.1) is 0 Å². The Bertz CT molecular complexity index is 766. The molecule has 2 aliphatic heterocycles. The second kappa shape index (κ2) is 8.11. The molecule has 0 spiro atoms. The Morgan fingerprint density at radius 2 is 1.48 bits per heavy atom. The Morgan fingerprint density at radius 3 is 2.22 bits per heavy atom. The maximum Gasteiger partial charge on any atom is 0.254 e. The normalized spacial score (nSPS) is 19.5. The average molecular weight is 366 g/mol. The molecule has 1 N–H and O–H groups in total. The van der Waals surface area contributed by atoms with E-state index in [-0.39, 0.29) is 11.4 Å². The lowest BCUT2D eigenvalue weighted by atomic mass is 9.82. The lowest BCUT2D eigenvalue weighted by molar-refractivity contribution is 0.0345. The third-order valence-corrected chi connectivity index (χ3v) is 5.53. The van der Waals surface area contributed by atoms with E-state index in [0.29, 0.717) is 26.4 Å². The quantitative estimate of drug-likeness (QED) is 0.904. The summed E-state index contributed by atoms with van der Waals surface area (Å²) in [6.45, 7) is 4.31. The van der Waals surface area contributed by atoms with Crippen molar-refractivity contribution in [3.63, 3.8) is 0 Å². The van der Waals surface area contributed by atoms with Crippen molar-refractivity contribution in [2.75, 3.05) is 44.4 Å². The number of ether oxygens (including phenoxy) is 2. The van der Waals surface area contributed by atoms with Crippen LogP contribution in [-0.2, 0) is 15.0 Å². The second-order valence-electron chi connectivity index (χ2n) is 7.13. The zero-order chi connectivity index (χ0) is 18.5. The molecule has 4 rings (SSSR count). The fourth-order valence-electron chi connectivity index (χ4n) is 3.99. The highest BCUT2D eigenvalue weighted by Crippen LogP contribution is 2.33. The predicted molar refractivity (Wildman–Crippen MR) is 105 cm³/mol. The summed E-state index contributed by atoms with van der Waals surface area (Å²) < 4.78 is 11.0. The molecule has 0 radical (unpaired) electrons. The molecule has 0 aliphatic carbocycles. The van der Waals surface area contributed by atoms with Crippen molar-refractivity contribution in [2.45, 2.75) is 18.4 Å². The van der Waals surface area contributed by atoms with Gasteiger partial charge in [0.05, 0.1) is 24.3 Å². The maximum atomic E-state index is 13.3. The molecule has 0 bridgehead atoms. The number of para-hydroxylation sites is 1. The van der Waals surface area contributed by atoms with Crippen LogP contribution in [0.25, 0.3) is 0 Å². The fraction of sp³-hybridized carbons (Fsp3) is 0.409. The third kappa shape index (κ3) is 3.84. The van der Waals surface area contributed by atoms with Crippen LogP contribution in [0.3, 0.4) is 0 Å². The second-order valence-corrected chi connectivity index (χ2v) is 7.13. The monoisotopic (exact) mass is 366 g/mol. The van der Waals surface area contributed by atoms with Crippen LogP contribution in [0.2, 0.25) is 0 Å². The highest BCUT2D eigenvalue weighted by Gasteiger charge is 2.36. The van der Waals surface area contributed by atoms with Crippen LogP contribution in [0.1, 0.15) is 28.8 Å². The molecule has 0 atom stereocenters. The Labute approximate surface area is 160 Å². The highest BCUT2D eigenvalue weighted by atomic mass is 16.5. The zero-order valence-electron chi connectivity index (χ0n) is 15.5. The topological polar surface area (TPSA) is 50.8 Å². The van der Waals surface area contributed by atoms with E-state index in [1.807, 2.05) is 42.5 Å². The Kier molecular flexibility index (Phi) is 5.41. The van der Waals surface area contributed by atoms with Gasteiger partial charge in [-0.2, -0.15) is 0 Å². The first-order valence-electron chi connectivity index (χ1n) is 9.66. The molecular formula is C22H26N2O3. The lowest BCUT2D eigenvalue weighted by Crippen LogP contribution is -2.50. The first-order chi connectivity index (χ1) is 13.3. The highest BCUT2D eigenvalue weighted by molar-refractivity contribution is 6.00. The van der Waals surface area contributed by atoms with Gasteiger partial charge in [0.25, 0.3) is 5.91 Å². The summed E-state index contributed by atoms with van der Waals surface area (Å²) in [7, 11) is 0. The molecular weight excluding hydrogens is 340 g/mol. The van der Waals surface area contributed by atoms with E-state index in [2.05, 4.69) is 22.3 Å². The summed E-state index contributed by atoms with van der Waals surface area (Å²) in [5, 5.41) is 3.37. The molecule has 0 saturated carbocycles. The predicted octanol–water partition coefficient (Wildman–Crippen LogP) is 2.96. The minimum absolute atomic E-state index is 0.0251. The number of morpholine rings is 1. The maximum absolute atomic E-state index is 13.3. The molecule has 2 aromatic rings. The van der Waals surface area contributed by atoms with E-state index < -0.39 is 0 Å². The number of hydrogen-bond acceptors (Lipinski definition) is 4. The number of anilines is 1. The van der Waals surface area contributed by atoms with E-state index in [9.17, 15) is 4.79 Å². The van der Waals surface area contributed by atoms with Gasteiger partial charge in [-0.05, 0) is 30.5 Å².